The summed E-state index contributed by atoms with van der Waals surface area (Å²) in [6.07, 6.45) is -4.55. The molecule has 0 aliphatic heterocycles. The summed E-state index contributed by atoms with van der Waals surface area (Å²) >= 11 is 0. The van der Waals surface area contributed by atoms with Crippen LogP contribution in [0, 0.1) is 0 Å². The third-order valence-electron chi connectivity index (χ3n) is 1.92. The Balaban J connectivity index is 3.22. The number of hydrogen-bond acceptors (Lipinski definition) is 3. The normalized spacial score (nSPS) is 11.6. The largest absolute Gasteiger partial charge is 0.478 e. The zero-order valence-corrected chi connectivity index (χ0v) is 9.17. The third-order valence-corrected chi connectivity index (χ3v) is 1.92. The molecule has 0 bridgehead atoms. The molecule has 0 spiro atoms. The number of nitrogens with zero attached hydrogens (tertiary/aromatic N) is 1. The van der Waals surface area contributed by atoms with Gasteiger partial charge < -0.3 is 10.5 Å². The highest BCUT2D eigenvalue weighted by Gasteiger charge is 2.31. The van der Waals surface area contributed by atoms with E-state index < -0.39 is 23.3 Å². The van der Waals surface area contributed by atoms with Gasteiger partial charge in [0.2, 0.25) is 0 Å². The summed E-state index contributed by atoms with van der Waals surface area (Å²) in [6, 6.07) is 2.53. The molecule has 0 saturated heterocycles. The lowest BCUT2D eigenvalue weighted by Gasteiger charge is -2.16. The molecule has 17 heavy (non-hydrogen) atoms. The second-order valence-electron chi connectivity index (χ2n) is 3.57. The Hall–Kier alpha value is -1.76. The maximum absolute atomic E-state index is 12.4. The predicted octanol–water partition coefficient (Wildman–Crippen LogP) is 2.29. The molecule has 0 amide bonds. The summed E-state index contributed by atoms with van der Waals surface area (Å²) in [7, 11) is 3.20. The van der Waals surface area contributed by atoms with Gasteiger partial charge in [0.15, 0.2) is 0 Å². The Labute approximate surface area is 95.6 Å². The highest BCUT2D eigenvalue weighted by atomic mass is 19.4. The number of hydrazine groups is 1. The number of carbonyl (C=O) groups is 1. The third kappa shape index (κ3) is 3.35. The van der Waals surface area contributed by atoms with Gasteiger partial charge in [-0.3, -0.25) is 0 Å². The number of aromatic carboxylic acids is 1. The zero-order valence-electron chi connectivity index (χ0n) is 9.17. The number of halogens is 3. The van der Waals surface area contributed by atoms with E-state index in [0.29, 0.717) is 6.07 Å². The molecular weight excluding hydrogens is 237 g/mol. The fraction of sp³-hybridized carbons (Fsp3) is 0.300. The molecule has 0 aliphatic carbocycles. The maximum Gasteiger partial charge on any atom is 0.416 e. The number of alkyl halides is 3. The van der Waals surface area contributed by atoms with E-state index >= 15 is 0 Å². The molecular formula is C10H11F3N2O2. The summed E-state index contributed by atoms with van der Waals surface area (Å²) in [4.78, 5) is 10.9. The molecule has 1 aromatic carbocycles. The first kappa shape index (κ1) is 13.3. The summed E-state index contributed by atoms with van der Waals surface area (Å²) in [5, 5.41) is 10.3. The first-order valence-electron chi connectivity index (χ1n) is 4.60. The molecule has 94 valence electrons. The molecule has 0 fully saturated rings. The van der Waals surface area contributed by atoms with Gasteiger partial charge in [-0.15, -0.1) is 0 Å². The number of hydrogen-bond donors (Lipinski definition) is 2. The van der Waals surface area contributed by atoms with Crippen molar-refractivity contribution < 1.29 is 23.1 Å². The zero-order chi connectivity index (χ0) is 13.2. The van der Waals surface area contributed by atoms with Crippen molar-refractivity contribution in [1.29, 1.82) is 0 Å². The lowest BCUT2D eigenvalue weighted by atomic mass is 10.1. The molecule has 0 heterocycles. The summed E-state index contributed by atoms with van der Waals surface area (Å²) in [6.45, 7) is 0. The second kappa shape index (κ2) is 4.62. The number of carboxylic acids is 1. The fourth-order valence-electron chi connectivity index (χ4n) is 1.24. The number of nitrogens with one attached hydrogen (secondary N) is 1. The summed E-state index contributed by atoms with van der Waals surface area (Å²) in [5.74, 6) is -1.42. The van der Waals surface area contributed by atoms with Gasteiger partial charge in [-0.05, 0) is 18.2 Å². The van der Waals surface area contributed by atoms with Crippen molar-refractivity contribution in [1.82, 2.24) is 5.01 Å². The van der Waals surface area contributed by atoms with Crippen LogP contribution in [0.1, 0.15) is 15.9 Å². The van der Waals surface area contributed by atoms with E-state index in [9.17, 15) is 18.0 Å². The number of benzene rings is 1. The van der Waals surface area contributed by atoms with Gasteiger partial charge >= 0.3 is 12.1 Å². The van der Waals surface area contributed by atoms with Gasteiger partial charge in [-0.25, -0.2) is 9.80 Å². The van der Waals surface area contributed by atoms with Crippen molar-refractivity contribution in [3.63, 3.8) is 0 Å². The number of carboxylic acid groups (broad SMARTS) is 1. The SMILES string of the molecule is CN(C)Nc1ccc(C(F)(F)F)cc1C(=O)O. The summed E-state index contributed by atoms with van der Waals surface area (Å²) in [5.41, 5.74) is 1.32. The fourth-order valence-corrected chi connectivity index (χ4v) is 1.24. The van der Waals surface area contributed by atoms with Gasteiger partial charge in [0, 0.05) is 14.1 Å². The molecule has 0 saturated carbocycles. The smallest absolute Gasteiger partial charge is 0.416 e. The van der Waals surface area contributed by atoms with E-state index in [0.717, 1.165) is 12.1 Å². The van der Waals surface area contributed by atoms with Crippen LogP contribution >= 0.6 is 0 Å². The van der Waals surface area contributed by atoms with Gasteiger partial charge in [0.05, 0.1) is 16.8 Å². The highest BCUT2D eigenvalue weighted by Crippen LogP contribution is 2.31. The van der Waals surface area contributed by atoms with Crippen molar-refractivity contribution in [3.05, 3.63) is 29.3 Å². The van der Waals surface area contributed by atoms with E-state index in [2.05, 4.69) is 5.43 Å². The molecule has 7 heteroatoms. The minimum atomic E-state index is -4.55. The van der Waals surface area contributed by atoms with Crippen LogP contribution in [0.5, 0.6) is 0 Å². The topological polar surface area (TPSA) is 52.6 Å². The number of anilines is 1. The first-order valence-corrected chi connectivity index (χ1v) is 4.60. The van der Waals surface area contributed by atoms with Crippen LogP contribution in [-0.4, -0.2) is 30.2 Å². The molecule has 1 aromatic rings. The van der Waals surface area contributed by atoms with Crippen molar-refractivity contribution >= 4 is 11.7 Å². The molecule has 4 nitrogen and oxygen atoms in total. The second-order valence-corrected chi connectivity index (χ2v) is 3.57. The Morgan fingerprint density at radius 1 is 1.35 bits per heavy atom. The van der Waals surface area contributed by atoms with Gasteiger partial charge in [0.25, 0.3) is 0 Å². The molecule has 0 unspecified atom stereocenters. The van der Waals surface area contributed by atoms with Gasteiger partial charge in [-0.2, -0.15) is 13.2 Å². The monoisotopic (exact) mass is 248 g/mol. The molecule has 0 radical (unpaired) electrons. The van der Waals surface area contributed by atoms with E-state index in [1.54, 1.807) is 14.1 Å². The Bertz CT molecular complexity index is 430. The van der Waals surface area contributed by atoms with Crippen LogP contribution in [-0.2, 0) is 6.18 Å². The van der Waals surface area contributed by atoms with E-state index in [-0.39, 0.29) is 5.69 Å². The molecule has 0 aliphatic rings. The van der Waals surface area contributed by atoms with Crippen LogP contribution in [0.4, 0.5) is 18.9 Å². The van der Waals surface area contributed by atoms with E-state index in [1.807, 2.05) is 0 Å². The lowest BCUT2D eigenvalue weighted by Crippen LogP contribution is -2.21. The lowest BCUT2D eigenvalue weighted by molar-refractivity contribution is -0.137. The Kier molecular flexibility index (Phi) is 3.62. The van der Waals surface area contributed by atoms with Crippen LogP contribution in [0.3, 0.4) is 0 Å². The first-order chi connectivity index (χ1) is 7.71. The van der Waals surface area contributed by atoms with Crippen LogP contribution in [0.2, 0.25) is 0 Å². The number of rotatable bonds is 3. The highest BCUT2D eigenvalue weighted by molar-refractivity contribution is 5.94. The standard InChI is InChI=1S/C10H11F3N2O2/c1-15(2)14-8-4-3-6(10(11,12)13)5-7(8)9(16)17/h3-5,14H,1-2H3,(H,16,17). The van der Waals surface area contributed by atoms with Crippen LogP contribution < -0.4 is 5.43 Å². The quantitative estimate of drug-likeness (QED) is 0.806. The maximum atomic E-state index is 12.4. The average molecular weight is 248 g/mol. The molecule has 1 rings (SSSR count). The molecule has 0 aromatic heterocycles. The van der Waals surface area contributed by atoms with Crippen LogP contribution in [0.15, 0.2) is 18.2 Å². The molecule has 2 N–H and O–H groups in total. The Morgan fingerprint density at radius 2 is 1.94 bits per heavy atom. The van der Waals surface area contributed by atoms with Crippen molar-refractivity contribution in [2.75, 3.05) is 19.5 Å². The van der Waals surface area contributed by atoms with Gasteiger partial charge in [-0.1, -0.05) is 0 Å². The van der Waals surface area contributed by atoms with E-state index in [1.165, 1.54) is 5.01 Å². The average Bonchev–Trinajstić information content (AvgIpc) is 2.15. The molecule has 0 atom stereocenters. The van der Waals surface area contributed by atoms with Crippen molar-refractivity contribution in [2.45, 2.75) is 6.18 Å². The van der Waals surface area contributed by atoms with Gasteiger partial charge in [0.1, 0.15) is 0 Å². The van der Waals surface area contributed by atoms with E-state index in [4.69, 9.17) is 5.11 Å². The minimum Gasteiger partial charge on any atom is -0.478 e. The minimum absolute atomic E-state index is 0.107. The van der Waals surface area contributed by atoms with Crippen molar-refractivity contribution in [2.24, 2.45) is 0 Å². The summed E-state index contributed by atoms with van der Waals surface area (Å²) < 4.78 is 37.2. The Morgan fingerprint density at radius 3 is 2.35 bits per heavy atom. The predicted molar refractivity (Wildman–Crippen MR) is 55.7 cm³/mol. The van der Waals surface area contributed by atoms with Crippen LogP contribution in [0.25, 0.3) is 0 Å². The van der Waals surface area contributed by atoms with Crippen molar-refractivity contribution in [3.8, 4) is 0 Å².